The molecule has 1 heterocycles. The molecule has 7 heteroatoms. The van der Waals surface area contributed by atoms with Crippen LogP contribution in [0.25, 0.3) is 0 Å². The number of aliphatic hydroxyl groups is 1. The molecule has 2 rings (SSSR count). The summed E-state index contributed by atoms with van der Waals surface area (Å²) < 4.78 is 22.6. The molecule has 98 valence electrons. The van der Waals surface area contributed by atoms with Crippen LogP contribution in [0.15, 0.2) is 24.3 Å². The summed E-state index contributed by atoms with van der Waals surface area (Å²) in [6, 6.07) is 5.22. The number of aromatic carboxylic acids is 1. The Kier molecular flexibility index (Phi) is 3.27. The van der Waals surface area contributed by atoms with Crippen LogP contribution in [0, 0.1) is 0 Å². The van der Waals surface area contributed by atoms with E-state index in [9.17, 15) is 23.4 Å². The molecule has 0 aromatic heterocycles. The molecule has 1 fully saturated rings. The second-order valence-corrected chi connectivity index (χ2v) is 6.42. The van der Waals surface area contributed by atoms with Gasteiger partial charge in [0, 0.05) is 5.69 Å². The van der Waals surface area contributed by atoms with Crippen LogP contribution in [0.3, 0.4) is 0 Å². The fourth-order valence-electron chi connectivity index (χ4n) is 1.92. The number of hydrogen-bond acceptors (Lipinski definition) is 6. The van der Waals surface area contributed by atoms with Crippen LogP contribution in [-0.4, -0.2) is 43.1 Å². The molecule has 0 unspecified atom stereocenters. The van der Waals surface area contributed by atoms with Crippen LogP contribution in [0.1, 0.15) is 10.4 Å². The Morgan fingerprint density at radius 1 is 1.39 bits per heavy atom. The van der Waals surface area contributed by atoms with Gasteiger partial charge in [-0.2, -0.15) is 0 Å². The van der Waals surface area contributed by atoms with Crippen molar-refractivity contribution >= 4 is 21.5 Å². The number of sulfone groups is 1. The van der Waals surface area contributed by atoms with E-state index in [4.69, 9.17) is 0 Å². The van der Waals surface area contributed by atoms with Gasteiger partial charge in [0.05, 0.1) is 29.6 Å². The van der Waals surface area contributed by atoms with Crippen molar-refractivity contribution in [1.29, 1.82) is 0 Å². The summed E-state index contributed by atoms with van der Waals surface area (Å²) in [5.41, 5.74) is 0.438. The van der Waals surface area contributed by atoms with E-state index in [1.54, 1.807) is 6.07 Å². The van der Waals surface area contributed by atoms with Gasteiger partial charge in [0.1, 0.15) is 0 Å². The molecule has 1 saturated heterocycles. The minimum Gasteiger partial charge on any atom is -0.545 e. The average Bonchev–Trinajstić information content (AvgIpc) is 2.52. The van der Waals surface area contributed by atoms with E-state index in [0.717, 1.165) is 0 Å². The lowest BCUT2D eigenvalue weighted by molar-refractivity contribution is -0.255. The molecule has 1 aromatic rings. The number of nitrogens with one attached hydrogen (secondary N) is 1. The van der Waals surface area contributed by atoms with Gasteiger partial charge in [0.2, 0.25) is 0 Å². The van der Waals surface area contributed by atoms with Crippen LogP contribution in [0.5, 0.6) is 0 Å². The average molecular weight is 270 g/mol. The van der Waals surface area contributed by atoms with Gasteiger partial charge in [-0.25, -0.2) is 8.42 Å². The zero-order chi connectivity index (χ0) is 13.3. The molecule has 2 atom stereocenters. The minimum atomic E-state index is -3.23. The van der Waals surface area contributed by atoms with Gasteiger partial charge in [-0.05, 0) is 17.7 Å². The monoisotopic (exact) mass is 270 g/mol. The van der Waals surface area contributed by atoms with E-state index in [0.29, 0.717) is 5.69 Å². The maximum Gasteiger partial charge on any atom is 0.155 e. The summed E-state index contributed by atoms with van der Waals surface area (Å²) in [6.07, 6.45) is -0.985. The molecule has 1 aliphatic heterocycles. The molecule has 18 heavy (non-hydrogen) atoms. The highest BCUT2D eigenvalue weighted by Gasteiger charge is 2.36. The van der Waals surface area contributed by atoms with Gasteiger partial charge < -0.3 is 20.3 Å². The topological polar surface area (TPSA) is 107 Å². The summed E-state index contributed by atoms with van der Waals surface area (Å²) >= 11 is 0. The zero-order valence-electron chi connectivity index (χ0n) is 9.37. The van der Waals surface area contributed by atoms with Gasteiger partial charge >= 0.3 is 0 Å². The summed E-state index contributed by atoms with van der Waals surface area (Å²) in [5.74, 6) is -1.74. The van der Waals surface area contributed by atoms with Crippen molar-refractivity contribution < 1.29 is 23.4 Å². The van der Waals surface area contributed by atoms with Crippen molar-refractivity contribution in [2.24, 2.45) is 0 Å². The molecule has 1 aliphatic rings. The summed E-state index contributed by atoms with van der Waals surface area (Å²) in [4.78, 5) is 10.7. The summed E-state index contributed by atoms with van der Waals surface area (Å²) in [7, 11) is -3.23. The lowest BCUT2D eigenvalue weighted by atomic mass is 10.1. The third-order valence-electron chi connectivity index (χ3n) is 2.77. The Morgan fingerprint density at radius 3 is 2.67 bits per heavy atom. The highest BCUT2D eigenvalue weighted by molar-refractivity contribution is 7.91. The van der Waals surface area contributed by atoms with Crippen LogP contribution in [-0.2, 0) is 9.84 Å². The van der Waals surface area contributed by atoms with Crippen molar-refractivity contribution in [2.75, 3.05) is 16.8 Å². The lowest BCUT2D eigenvalue weighted by Gasteiger charge is -2.17. The first-order valence-electron chi connectivity index (χ1n) is 5.34. The number of benzene rings is 1. The zero-order valence-corrected chi connectivity index (χ0v) is 10.2. The van der Waals surface area contributed by atoms with Crippen LogP contribution in [0.4, 0.5) is 5.69 Å². The predicted molar refractivity (Wildman–Crippen MR) is 62.8 cm³/mol. The van der Waals surface area contributed by atoms with Crippen molar-refractivity contribution in [1.82, 2.24) is 0 Å². The lowest BCUT2D eigenvalue weighted by Crippen LogP contribution is -2.32. The maximum atomic E-state index is 11.3. The van der Waals surface area contributed by atoms with Gasteiger partial charge in [0.25, 0.3) is 0 Å². The van der Waals surface area contributed by atoms with Crippen LogP contribution < -0.4 is 10.4 Å². The third-order valence-corrected chi connectivity index (χ3v) is 4.49. The normalized spacial score (nSPS) is 25.8. The van der Waals surface area contributed by atoms with Crippen LogP contribution >= 0.6 is 0 Å². The smallest absolute Gasteiger partial charge is 0.155 e. The van der Waals surface area contributed by atoms with Crippen LogP contribution in [0.2, 0.25) is 0 Å². The number of hydrogen-bond donors (Lipinski definition) is 2. The number of aliphatic hydroxyl groups excluding tert-OH is 1. The number of anilines is 1. The molecule has 0 bridgehead atoms. The highest BCUT2D eigenvalue weighted by Crippen LogP contribution is 2.18. The molecule has 2 N–H and O–H groups in total. The molecule has 0 spiro atoms. The van der Waals surface area contributed by atoms with E-state index in [1.807, 2.05) is 0 Å². The Bertz CT molecular complexity index is 569. The van der Waals surface area contributed by atoms with Gasteiger partial charge in [-0.3, -0.25) is 0 Å². The summed E-state index contributed by atoms with van der Waals surface area (Å²) in [6.45, 7) is 0. The molecular weight excluding hydrogens is 258 g/mol. The molecular formula is C11H12NO5S-. The second kappa shape index (κ2) is 4.58. The van der Waals surface area contributed by atoms with Gasteiger partial charge in [-0.1, -0.05) is 12.1 Å². The SMILES string of the molecule is O=C([O-])c1cccc(N[C@H]2CS(=O)(=O)C[C@H]2O)c1. The van der Waals surface area contributed by atoms with Crippen molar-refractivity contribution in [3.63, 3.8) is 0 Å². The van der Waals surface area contributed by atoms with Gasteiger partial charge in [0.15, 0.2) is 9.84 Å². The maximum absolute atomic E-state index is 11.3. The third kappa shape index (κ3) is 2.80. The fourth-order valence-corrected chi connectivity index (χ4v) is 3.66. The Balaban J connectivity index is 2.15. The van der Waals surface area contributed by atoms with Crippen molar-refractivity contribution in [2.45, 2.75) is 12.1 Å². The summed E-state index contributed by atoms with van der Waals surface area (Å²) in [5, 5.41) is 23.1. The second-order valence-electron chi connectivity index (χ2n) is 4.26. The standard InChI is InChI=1S/C11H13NO5S/c13-10-6-18(16,17)5-9(10)12-8-3-1-2-7(4-8)11(14)15/h1-4,9-10,12-13H,5-6H2,(H,14,15)/p-1/t9-,10+/m0/s1. The van der Waals surface area contributed by atoms with E-state index in [2.05, 4.69) is 5.32 Å². The van der Waals surface area contributed by atoms with E-state index in [-0.39, 0.29) is 17.1 Å². The van der Waals surface area contributed by atoms with Crippen molar-refractivity contribution in [3.05, 3.63) is 29.8 Å². The van der Waals surface area contributed by atoms with E-state index >= 15 is 0 Å². The Labute approximate surface area is 104 Å². The molecule has 1 aromatic carbocycles. The fraction of sp³-hybridized carbons (Fsp3) is 0.364. The Hall–Kier alpha value is -1.60. The number of rotatable bonds is 3. The molecule has 0 radical (unpaired) electrons. The highest BCUT2D eigenvalue weighted by atomic mass is 32.2. The first-order valence-corrected chi connectivity index (χ1v) is 7.16. The number of carbonyl (C=O) groups excluding carboxylic acids is 1. The minimum absolute atomic E-state index is 0.00431. The largest absolute Gasteiger partial charge is 0.545 e. The quantitative estimate of drug-likeness (QED) is 0.701. The molecule has 0 aliphatic carbocycles. The predicted octanol–water partition coefficient (Wildman–Crippen LogP) is -1.38. The number of carboxylic acid groups (broad SMARTS) is 1. The Morgan fingerprint density at radius 2 is 2.11 bits per heavy atom. The molecule has 0 amide bonds. The number of carbonyl (C=O) groups is 1. The number of carboxylic acids is 1. The van der Waals surface area contributed by atoms with Crippen molar-refractivity contribution in [3.8, 4) is 0 Å². The first kappa shape index (κ1) is 12.8. The molecule has 0 saturated carbocycles. The van der Waals surface area contributed by atoms with E-state index in [1.165, 1.54) is 18.2 Å². The van der Waals surface area contributed by atoms with E-state index < -0.39 is 28.0 Å². The van der Waals surface area contributed by atoms with Gasteiger partial charge in [-0.15, -0.1) is 0 Å². The first-order chi connectivity index (χ1) is 8.37. The molecule has 6 nitrogen and oxygen atoms in total.